The normalized spacial score (nSPS) is 15.1. The molecule has 0 unspecified atom stereocenters. The molecular weight excluding hydrogens is 310 g/mol. The summed E-state index contributed by atoms with van der Waals surface area (Å²) in [6.45, 7) is 4.98. The highest BCUT2D eigenvalue weighted by Crippen LogP contribution is 2.23. The van der Waals surface area contributed by atoms with Crippen molar-refractivity contribution in [1.29, 1.82) is 0 Å². The minimum absolute atomic E-state index is 0.154. The molecule has 120 valence electrons. The number of amides is 1. The number of hydrogen-bond acceptors (Lipinski definition) is 5. The van der Waals surface area contributed by atoms with Gasteiger partial charge in [0.15, 0.2) is 5.82 Å². The lowest BCUT2D eigenvalue weighted by molar-refractivity contribution is -0.111. The Balaban J connectivity index is 1.69. The molecule has 3 heterocycles. The van der Waals surface area contributed by atoms with Crippen LogP contribution in [-0.4, -0.2) is 37.2 Å². The molecule has 0 saturated carbocycles. The summed E-state index contributed by atoms with van der Waals surface area (Å²) in [5, 5.41) is 2.92. The van der Waals surface area contributed by atoms with Gasteiger partial charge < -0.3 is 15.0 Å². The van der Waals surface area contributed by atoms with Gasteiger partial charge in [0.2, 0.25) is 5.91 Å². The van der Waals surface area contributed by atoms with Gasteiger partial charge in [-0.1, -0.05) is 0 Å². The molecule has 23 heavy (non-hydrogen) atoms. The summed E-state index contributed by atoms with van der Waals surface area (Å²) in [5.74, 6) is 0.642. The van der Waals surface area contributed by atoms with Crippen molar-refractivity contribution in [3.05, 3.63) is 46.3 Å². The van der Waals surface area contributed by atoms with E-state index in [1.807, 2.05) is 37.3 Å². The maximum Gasteiger partial charge on any atom is 0.248 e. The third-order valence-electron chi connectivity index (χ3n) is 3.52. The standard InChI is InChI=1S/C17H19N3O2S/c1-13-4-5-14(23-13)6-7-16(21)19-15-3-2-8-18-17(15)20-9-11-22-12-10-20/h2-8H,9-12H2,1H3,(H,19,21)/b7-6-. The molecule has 1 N–H and O–H groups in total. The Morgan fingerprint density at radius 1 is 1.35 bits per heavy atom. The fourth-order valence-corrected chi connectivity index (χ4v) is 3.18. The molecule has 1 saturated heterocycles. The molecule has 2 aromatic rings. The monoisotopic (exact) mass is 329 g/mol. The van der Waals surface area contributed by atoms with Crippen molar-refractivity contribution in [2.75, 3.05) is 36.5 Å². The Labute approximate surface area is 139 Å². The van der Waals surface area contributed by atoms with Crippen molar-refractivity contribution in [1.82, 2.24) is 4.98 Å². The van der Waals surface area contributed by atoms with Gasteiger partial charge in [0.1, 0.15) is 0 Å². The summed E-state index contributed by atoms with van der Waals surface area (Å²) in [6, 6.07) is 7.75. The third-order valence-corrected chi connectivity index (χ3v) is 4.48. The second-order valence-corrected chi connectivity index (χ2v) is 6.56. The van der Waals surface area contributed by atoms with Gasteiger partial charge in [0.25, 0.3) is 0 Å². The van der Waals surface area contributed by atoms with Crippen molar-refractivity contribution in [3.63, 3.8) is 0 Å². The average molecular weight is 329 g/mol. The molecule has 3 rings (SSSR count). The maximum atomic E-state index is 12.2. The van der Waals surface area contributed by atoms with Crippen LogP contribution in [0, 0.1) is 6.92 Å². The van der Waals surface area contributed by atoms with Crippen LogP contribution in [0.2, 0.25) is 0 Å². The average Bonchev–Trinajstić information content (AvgIpc) is 3.00. The maximum absolute atomic E-state index is 12.2. The van der Waals surface area contributed by atoms with E-state index in [9.17, 15) is 4.79 Å². The Morgan fingerprint density at radius 2 is 2.17 bits per heavy atom. The molecule has 1 amide bonds. The lowest BCUT2D eigenvalue weighted by Gasteiger charge is -2.29. The molecule has 1 fully saturated rings. The smallest absolute Gasteiger partial charge is 0.248 e. The number of carbonyl (C=O) groups is 1. The SMILES string of the molecule is Cc1ccc(/C=C\C(=O)Nc2cccnc2N2CCOCC2)s1. The van der Waals surface area contributed by atoms with E-state index in [1.54, 1.807) is 23.6 Å². The number of nitrogens with zero attached hydrogens (tertiary/aromatic N) is 2. The first kappa shape index (κ1) is 15.7. The fourth-order valence-electron chi connectivity index (χ4n) is 2.40. The van der Waals surface area contributed by atoms with Gasteiger partial charge in [-0.25, -0.2) is 4.98 Å². The van der Waals surface area contributed by atoms with Gasteiger partial charge in [0, 0.05) is 35.1 Å². The zero-order chi connectivity index (χ0) is 16.1. The molecule has 1 aliphatic heterocycles. The van der Waals surface area contributed by atoms with E-state index in [1.165, 1.54) is 4.88 Å². The van der Waals surface area contributed by atoms with E-state index in [0.717, 1.165) is 29.5 Å². The largest absolute Gasteiger partial charge is 0.378 e. The molecular formula is C17H19N3O2S. The van der Waals surface area contributed by atoms with E-state index in [0.29, 0.717) is 13.2 Å². The van der Waals surface area contributed by atoms with Crippen LogP contribution >= 0.6 is 11.3 Å². The zero-order valence-corrected chi connectivity index (χ0v) is 13.8. The number of morpholine rings is 1. The highest BCUT2D eigenvalue weighted by atomic mass is 32.1. The highest BCUT2D eigenvalue weighted by molar-refractivity contribution is 7.12. The topological polar surface area (TPSA) is 54.5 Å². The predicted octanol–water partition coefficient (Wildman–Crippen LogP) is 2.94. The van der Waals surface area contributed by atoms with Crippen LogP contribution < -0.4 is 10.2 Å². The predicted molar refractivity (Wildman–Crippen MR) is 94.0 cm³/mol. The number of carbonyl (C=O) groups excluding carboxylic acids is 1. The van der Waals surface area contributed by atoms with Crippen molar-refractivity contribution in [2.24, 2.45) is 0 Å². The number of rotatable bonds is 4. The van der Waals surface area contributed by atoms with Gasteiger partial charge in [-0.05, 0) is 37.3 Å². The summed E-state index contributed by atoms with van der Waals surface area (Å²) in [6.07, 6.45) is 5.13. The third kappa shape index (κ3) is 4.18. The second-order valence-electron chi connectivity index (χ2n) is 5.24. The minimum Gasteiger partial charge on any atom is -0.378 e. The summed E-state index contributed by atoms with van der Waals surface area (Å²) in [5.41, 5.74) is 0.728. The number of aromatic nitrogens is 1. The number of nitrogens with one attached hydrogen (secondary N) is 1. The van der Waals surface area contributed by atoms with Crippen LogP contribution in [0.25, 0.3) is 6.08 Å². The van der Waals surface area contributed by atoms with Gasteiger partial charge in [-0.3, -0.25) is 4.79 Å². The fraction of sp³-hybridized carbons (Fsp3) is 0.294. The van der Waals surface area contributed by atoms with Gasteiger partial charge >= 0.3 is 0 Å². The first-order valence-corrected chi connectivity index (χ1v) is 8.37. The van der Waals surface area contributed by atoms with Crippen LogP contribution in [-0.2, 0) is 9.53 Å². The summed E-state index contributed by atoms with van der Waals surface area (Å²) in [7, 11) is 0. The number of hydrogen-bond donors (Lipinski definition) is 1. The Kier molecular flexibility index (Phi) is 5.05. The minimum atomic E-state index is -0.154. The molecule has 0 bridgehead atoms. The summed E-state index contributed by atoms with van der Waals surface area (Å²) < 4.78 is 5.36. The van der Waals surface area contributed by atoms with Crippen LogP contribution in [0.3, 0.4) is 0 Å². The summed E-state index contributed by atoms with van der Waals surface area (Å²) >= 11 is 1.66. The molecule has 0 atom stereocenters. The van der Waals surface area contributed by atoms with Crippen molar-refractivity contribution in [3.8, 4) is 0 Å². The highest BCUT2D eigenvalue weighted by Gasteiger charge is 2.16. The van der Waals surface area contributed by atoms with Gasteiger partial charge in [-0.15, -0.1) is 11.3 Å². The molecule has 0 radical (unpaired) electrons. The lowest BCUT2D eigenvalue weighted by atomic mass is 10.3. The van der Waals surface area contributed by atoms with Crippen molar-refractivity contribution in [2.45, 2.75) is 6.92 Å². The van der Waals surface area contributed by atoms with Crippen LogP contribution in [0.4, 0.5) is 11.5 Å². The van der Waals surface area contributed by atoms with Crippen LogP contribution in [0.5, 0.6) is 0 Å². The van der Waals surface area contributed by atoms with Gasteiger partial charge in [0.05, 0.1) is 18.9 Å². The number of pyridine rings is 1. The van der Waals surface area contributed by atoms with Crippen LogP contribution in [0.1, 0.15) is 9.75 Å². The summed E-state index contributed by atoms with van der Waals surface area (Å²) in [4.78, 5) is 21.0. The van der Waals surface area contributed by atoms with Crippen molar-refractivity contribution < 1.29 is 9.53 Å². The first-order chi connectivity index (χ1) is 11.2. The van der Waals surface area contributed by atoms with Gasteiger partial charge in [-0.2, -0.15) is 0 Å². The molecule has 0 aliphatic carbocycles. The first-order valence-electron chi connectivity index (χ1n) is 7.55. The van der Waals surface area contributed by atoms with E-state index < -0.39 is 0 Å². The Morgan fingerprint density at radius 3 is 2.91 bits per heavy atom. The molecule has 0 spiro atoms. The van der Waals surface area contributed by atoms with Crippen molar-refractivity contribution >= 4 is 34.8 Å². The molecule has 2 aromatic heterocycles. The number of thiophene rings is 1. The molecule has 5 nitrogen and oxygen atoms in total. The second kappa shape index (κ2) is 7.39. The molecule has 0 aromatic carbocycles. The zero-order valence-electron chi connectivity index (χ0n) is 13.0. The Hall–Kier alpha value is -2.18. The number of ether oxygens (including phenoxy) is 1. The molecule has 1 aliphatic rings. The van der Waals surface area contributed by atoms with E-state index in [2.05, 4.69) is 15.2 Å². The van der Waals surface area contributed by atoms with E-state index in [4.69, 9.17) is 4.74 Å². The van der Waals surface area contributed by atoms with E-state index in [-0.39, 0.29) is 5.91 Å². The van der Waals surface area contributed by atoms with E-state index >= 15 is 0 Å². The molecule has 6 heteroatoms. The lowest BCUT2D eigenvalue weighted by Crippen LogP contribution is -2.37. The number of anilines is 2. The van der Waals surface area contributed by atoms with Crippen LogP contribution in [0.15, 0.2) is 36.5 Å². The number of aryl methyl sites for hydroxylation is 1. The quantitative estimate of drug-likeness (QED) is 0.876. The Bertz CT molecular complexity index is 705.